The number of benzene rings is 1. The van der Waals surface area contributed by atoms with E-state index in [-0.39, 0.29) is 23.2 Å². The summed E-state index contributed by atoms with van der Waals surface area (Å²) in [7, 11) is -1.64. The number of nitrogens with one attached hydrogen (secondary N) is 1. The van der Waals surface area contributed by atoms with Crippen LogP contribution in [0.3, 0.4) is 0 Å². The first-order valence-electron chi connectivity index (χ1n) is 8.98. The molecule has 1 saturated heterocycles. The molecule has 0 spiro atoms. The molecule has 1 amide bonds. The second-order valence-corrected chi connectivity index (χ2v) is 8.37. The predicted molar refractivity (Wildman–Crippen MR) is 106 cm³/mol. The lowest BCUT2D eigenvalue weighted by molar-refractivity contribution is 0.0674. The van der Waals surface area contributed by atoms with E-state index in [0.29, 0.717) is 31.1 Å². The summed E-state index contributed by atoms with van der Waals surface area (Å²) in [6.45, 7) is 6.78. The van der Waals surface area contributed by atoms with Crippen molar-refractivity contribution in [3.8, 4) is 0 Å². The minimum atomic E-state index is -3.55. The number of carbonyl (C=O) groups is 1. The maximum Gasteiger partial charge on any atom is 0.253 e. The summed E-state index contributed by atoms with van der Waals surface area (Å²) in [6.07, 6.45) is 2.09. The van der Waals surface area contributed by atoms with Gasteiger partial charge in [-0.25, -0.2) is 8.42 Å². The van der Waals surface area contributed by atoms with Gasteiger partial charge in [0.25, 0.3) is 5.91 Å². The van der Waals surface area contributed by atoms with Gasteiger partial charge in [0.15, 0.2) is 0 Å². The number of halogens is 1. The maximum absolute atomic E-state index is 12.8. The van der Waals surface area contributed by atoms with E-state index in [1.807, 2.05) is 25.8 Å². The van der Waals surface area contributed by atoms with Crippen molar-refractivity contribution in [3.05, 3.63) is 29.8 Å². The van der Waals surface area contributed by atoms with Crippen molar-refractivity contribution in [2.45, 2.75) is 31.6 Å². The summed E-state index contributed by atoms with van der Waals surface area (Å²) in [5, 5.41) is 3.17. The summed E-state index contributed by atoms with van der Waals surface area (Å²) in [6, 6.07) is 6.42. The molecule has 2 rings (SSSR count). The third-order valence-electron chi connectivity index (χ3n) is 4.72. The molecule has 1 aromatic carbocycles. The van der Waals surface area contributed by atoms with E-state index in [2.05, 4.69) is 5.32 Å². The highest BCUT2D eigenvalue weighted by atomic mass is 35.5. The Morgan fingerprint density at radius 1 is 1.31 bits per heavy atom. The van der Waals surface area contributed by atoms with Crippen LogP contribution in [-0.2, 0) is 10.0 Å². The summed E-state index contributed by atoms with van der Waals surface area (Å²) in [5.41, 5.74) is 0.443. The van der Waals surface area contributed by atoms with E-state index >= 15 is 0 Å². The first kappa shape index (κ1) is 22.9. The summed E-state index contributed by atoms with van der Waals surface area (Å²) < 4.78 is 26.8. The summed E-state index contributed by atoms with van der Waals surface area (Å²) in [4.78, 5) is 14.9. The lowest BCUT2D eigenvalue weighted by atomic mass is 9.97. The molecule has 1 aromatic rings. The fourth-order valence-corrected chi connectivity index (χ4v) is 4.89. The van der Waals surface area contributed by atoms with Crippen LogP contribution in [0.1, 0.15) is 37.0 Å². The molecule has 0 saturated carbocycles. The molecule has 0 aliphatic carbocycles. The zero-order valence-electron chi connectivity index (χ0n) is 15.8. The van der Waals surface area contributed by atoms with Crippen molar-refractivity contribution in [3.63, 3.8) is 0 Å². The van der Waals surface area contributed by atoms with Crippen LogP contribution in [0.15, 0.2) is 29.2 Å². The van der Waals surface area contributed by atoms with Crippen molar-refractivity contribution in [2.75, 3.05) is 39.8 Å². The molecule has 148 valence electrons. The van der Waals surface area contributed by atoms with Crippen LogP contribution in [0.25, 0.3) is 0 Å². The Balaban J connectivity index is 0.00000338. The van der Waals surface area contributed by atoms with Crippen LogP contribution in [0.5, 0.6) is 0 Å². The molecule has 1 N–H and O–H groups in total. The molecule has 1 fully saturated rings. The molecule has 1 aliphatic rings. The Morgan fingerprint density at radius 2 is 2.00 bits per heavy atom. The van der Waals surface area contributed by atoms with Gasteiger partial charge in [0.1, 0.15) is 0 Å². The molecular weight excluding hydrogens is 374 g/mol. The average molecular weight is 404 g/mol. The van der Waals surface area contributed by atoms with Crippen molar-refractivity contribution in [2.24, 2.45) is 5.92 Å². The number of hydrogen-bond donors (Lipinski definition) is 1. The van der Waals surface area contributed by atoms with Gasteiger partial charge < -0.3 is 10.2 Å². The first-order valence-corrected chi connectivity index (χ1v) is 10.4. The number of likely N-dealkylation sites (tertiary alicyclic amines) is 1. The minimum absolute atomic E-state index is 0. The van der Waals surface area contributed by atoms with Crippen LogP contribution in [0.4, 0.5) is 0 Å². The number of piperidine rings is 1. The predicted octanol–water partition coefficient (Wildman–Crippen LogP) is 2.21. The Morgan fingerprint density at radius 3 is 2.62 bits per heavy atom. The fourth-order valence-electron chi connectivity index (χ4n) is 3.39. The topological polar surface area (TPSA) is 69.7 Å². The van der Waals surface area contributed by atoms with Gasteiger partial charge in [-0.05, 0) is 50.6 Å². The number of rotatable bonds is 7. The maximum atomic E-state index is 12.8. The van der Waals surface area contributed by atoms with Gasteiger partial charge in [0, 0.05) is 31.7 Å². The van der Waals surface area contributed by atoms with Gasteiger partial charge in [0.2, 0.25) is 10.0 Å². The number of nitrogens with zero attached hydrogens (tertiary/aromatic N) is 2. The highest BCUT2D eigenvalue weighted by Crippen LogP contribution is 2.21. The van der Waals surface area contributed by atoms with E-state index in [4.69, 9.17) is 0 Å². The third-order valence-corrected chi connectivity index (χ3v) is 6.77. The summed E-state index contributed by atoms with van der Waals surface area (Å²) >= 11 is 0. The smallest absolute Gasteiger partial charge is 0.253 e. The highest BCUT2D eigenvalue weighted by molar-refractivity contribution is 7.89. The Labute approximate surface area is 163 Å². The van der Waals surface area contributed by atoms with Crippen LogP contribution in [0, 0.1) is 5.92 Å². The van der Waals surface area contributed by atoms with E-state index in [1.54, 1.807) is 18.2 Å². The molecule has 6 nitrogen and oxygen atoms in total. The monoisotopic (exact) mass is 403 g/mol. The van der Waals surface area contributed by atoms with Crippen molar-refractivity contribution in [1.29, 1.82) is 0 Å². The molecule has 1 atom stereocenters. The summed E-state index contributed by atoms with van der Waals surface area (Å²) in [5.74, 6) is 0.364. The van der Waals surface area contributed by atoms with E-state index in [0.717, 1.165) is 25.9 Å². The van der Waals surface area contributed by atoms with Crippen molar-refractivity contribution >= 4 is 28.3 Å². The molecule has 0 bridgehead atoms. The highest BCUT2D eigenvalue weighted by Gasteiger charge is 2.26. The zero-order chi connectivity index (χ0) is 18.4. The molecule has 0 radical (unpaired) electrons. The standard InChI is InChI=1S/C18H29N3O3S.ClH/c1-4-21(5-2)25(23,24)17-10-6-9-16(12-17)18(22)20-11-7-8-15(14-20)13-19-3;/h6,9-10,12,15,19H,4-5,7-8,11,13-14H2,1-3H3;1H. The molecular formula is C18H30ClN3O3S. The second kappa shape index (κ2) is 10.3. The van der Waals surface area contributed by atoms with E-state index < -0.39 is 10.0 Å². The SMILES string of the molecule is CCN(CC)S(=O)(=O)c1cccc(C(=O)N2CCCC(CNC)C2)c1.Cl. The van der Waals surface area contributed by atoms with E-state index in [1.165, 1.54) is 10.4 Å². The van der Waals surface area contributed by atoms with E-state index in [9.17, 15) is 13.2 Å². The van der Waals surface area contributed by atoms with Gasteiger partial charge in [-0.2, -0.15) is 4.31 Å². The fraction of sp³-hybridized carbons (Fsp3) is 0.611. The molecule has 1 aliphatic heterocycles. The van der Waals surface area contributed by atoms with Crippen molar-refractivity contribution < 1.29 is 13.2 Å². The first-order chi connectivity index (χ1) is 11.9. The van der Waals surface area contributed by atoms with Gasteiger partial charge in [-0.15, -0.1) is 12.4 Å². The minimum Gasteiger partial charge on any atom is -0.338 e. The normalized spacial score (nSPS) is 17.8. The lowest BCUT2D eigenvalue weighted by Crippen LogP contribution is -2.42. The van der Waals surface area contributed by atoms with Crippen LogP contribution in [0.2, 0.25) is 0 Å². The quantitative estimate of drug-likeness (QED) is 0.757. The molecule has 0 aromatic heterocycles. The van der Waals surface area contributed by atoms with Gasteiger partial charge in [0.05, 0.1) is 4.90 Å². The van der Waals surface area contributed by atoms with Gasteiger partial charge in [-0.3, -0.25) is 4.79 Å². The Hall–Kier alpha value is -1.15. The molecule has 1 unspecified atom stereocenters. The number of carbonyl (C=O) groups excluding carboxylic acids is 1. The van der Waals surface area contributed by atoms with Crippen LogP contribution < -0.4 is 5.32 Å². The van der Waals surface area contributed by atoms with Gasteiger partial charge >= 0.3 is 0 Å². The second-order valence-electron chi connectivity index (χ2n) is 6.43. The Bertz CT molecular complexity index is 691. The molecule has 1 heterocycles. The Kier molecular flexibility index (Phi) is 9.03. The number of amides is 1. The third kappa shape index (κ3) is 5.19. The lowest BCUT2D eigenvalue weighted by Gasteiger charge is -2.33. The number of sulfonamides is 1. The van der Waals surface area contributed by atoms with Crippen LogP contribution in [-0.4, -0.2) is 63.3 Å². The molecule has 8 heteroatoms. The van der Waals surface area contributed by atoms with Crippen molar-refractivity contribution in [1.82, 2.24) is 14.5 Å². The van der Waals surface area contributed by atoms with Crippen LogP contribution >= 0.6 is 12.4 Å². The largest absolute Gasteiger partial charge is 0.338 e. The number of hydrogen-bond acceptors (Lipinski definition) is 4. The average Bonchev–Trinajstić information content (AvgIpc) is 2.62. The zero-order valence-corrected chi connectivity index (χ0v) is 17.4. The molecule has 26 heavy (non-hydrogen) atoms. The van der Waals surface area contributed by atoms with Gasteiger partial charge in [-0.1, -0.05) is 19.9 Å².